The first-order chi connectivity index (χ1) is 10.0. The lowest BCUT2D eigenvalue weighted by molar-refractivity contribution is 0.464. The quantitative estimate of drug-likeness (QED) is 0.809. The van der Waals surface area contributed by atoms with Crippen molar-refractivity contribution in [3.05, 3.63) is 10.6 Å². The van der Waals surface area contributed by atoms with E-state index in [9.17, 15) is 0 Å². The number of nitrogens with one attached hydrogen (secondary N) is 1. The van der Waals surface area contributed by atoms with Gasteiger partial charge in [-0.25, -0.2) is 4.98 Å². The molecule has 1 aliphatic carbocycles. The minimum Gasteiger partial charge on any atom is -0.345 e. The second kappa shape index (κ2) is 7.59. The van der Waals surface area contributed by atoms with E-state index < -0.39 is 0 Å². The van der Waals surface area contributed by atoms with Gasteiger partial charge in [-0.3, -0.25) is 0 Å². The Morgan fingerprint density at radius 1 is 1.33 bits per heavy atom. The summed E-state index contributed by atoms with van der Waals surface area (Å²) in [6.07, 6.45) is 4.89. The van der Waals surface area contributed by atoms with Gasteiger partial charge in [-0.1, -0.05) is 32.1 Å². The van der Waals surface area contributed by atoms with Crippen LogP contribution in [0.4, 0.5) is 5.13 Å². The third-order valence-corrected chi connectivity index (χ3v) is 5.26. The molecular weight excluding hydrogens is 278 g/mol. The lowest BCUT2D eigenvalue weighted by atomic mass is 9.98. The van der Waals surface area contributed by atoms with Crippen molar-refractivity contribution < 1.29 is 0 Å². The smallest absolute Gasteiger partial charge is 0.186 e. The number of fused-ring (bicyclic) bond motifs is 1. The molecule has 0 saturated carbocycles. The minimum atomic E-state index is 0.516. The highest BCUT2D eigenvalue weighted by Gasteiger charge is 2.26. The van der Waals surface area contributed by atoms with Gasteiger partial charge in [0.2, 0.25) is 0 Å². The molecule has 0 fully saturated rings. The number of nitrogens with zero attached hydrogens (tertiary/aromatic N) is 2. The standard InChI is InChI=1S/C17H31N3S/c1-6-10-18-14-8-7-9-15-16(14)21-17(19-15)20(13(4)5)11-12(2)3/h12-14,18H,6-11H2,1-5H3. The summed E-state index contributed by atoms with van der Waals surface area (Å²) in [5, 5.41) is 4.93. The van der Waals surface area contributed by atoms with Crippen LogP contribution in [0, 0.1) is 5.92 Å². The van der Waals surface area contributed by atoms with E-state index in [1.165, 1.54) is 35.0 Å². The number of thiazole rings is 1. The van der Waals surface area contributed by atoms with Gasteiger partial charge < -0.3 is 10.2 Å². The second-order valence-corrected chi connectivity index (χ2v) is 7.86. The fourth-order valence-corrected chi connectivity index (χ4v) is 4.31. The molecule has 21 heavy (non-hydrogen) atoms. The number of anilines is 1. The number of hydrogen-bond acceptors (Lipinski definition) is 4. The summed E-state index contributed by atoms with van der Waals surface area (Å²) in [5.74, 6) is 0.669. The molecule has 0 spiro atoms. The largest absolute Gasteiger partial charge is 0.345 e. The van der Waals surface area contributed by atoms with Gasteiger partial charge in [-0.05, 0) is 52.0 Å². The Morgan fingerprint density at radius 3 is 2.71 bits per heavy atom. The van der Waals surface area contributed by atoms with E-state index in [0.29, 0.717) is 18.0 Å². The minimum absolute atomic E-state index is 0.516. The molecule has 1 aliphatic rings. The van der Waals surface area contributed by atoms with Crippen molar-refractivity contribution in [2.75, 3.05) is 18.0 Å². The second-order valence-electron chi connectivity index (χ2n) is 6.85. The number of hydrogen-bond donors (Lipinski definition) is 1. The van der Waals surface area contributed by atoms with Crippen LogP contribution in [0.25, 0.3) is 0 Å². The monoisotopic (exact) mass is 309 g/mol. The third-order valence-electron chi connectivity index (χ3n) is 4.01. The summed E-state index contributed by atoms with van der Waals surface area (Å²) in [5.41, 5.74) is 1.35. The Kier molecular flexibility index (Phi) is 6.06. The van der Waals surface area contributed by atoms with E-state index in [-0.39, 0.29) is 0 Å². The topological polar surface area (TPSA) is 28.2 Å². The van der Waals surface area contributed by atoms with E-state index >= 15 is 0 Å². The van der Waals surface area contributed by atoms with Crippen molar-refractivity contribution in [3.8, 4) is 0 Å². The van der Waals surface area contributed by atoms with Crippen molar-refractivity contribution in [2.45, 2.75) is 72.4 Å². The van der Waals surface area contributed by atoms with Gasteiger partial charge in [0.15, 0.2) is 5.13 Å². The van der Waals surface area contributed by atoms with Crippen LogP contribution >= 0.6 is 11.3 Å². The lowest BCUT2D eigenvalue weighted by Gasteiger charge is -2.28. The van der Waals surface area contributed by atoms with Gasteiger partial charge >= 0.3 is 0 Å². The van der Waals surface area contributed by atoms with Gasteiger partial charge in [0.25, 0.3) is 0 Å². The zero-order valence-corrected chi connectivity index (χ0v) is 15.1. The van der Waals surface area contributed by atoms with E-state index in [2.05, 4.69) is 44.8 Å². The predicted molar refractivity (Wildman–Crippen MR) is 93.4 cm³/mol. The first kappa shape index (κ1) is 16.8. The van der Waals surface area contributed by atoms with Crippen LogP contribution in [0.3, 0.4) is 0 Å². The van der Waals surface area contributed by atoms with Gasteiger partial charge in [0.1, 0.15) is 0 Å². The van der Waals surface area contributed by atoms with Crippen LogP contribution < -0.4 is 10.2 Å². The predicted octanol–water partition coefficient (Wildman–Crippen LogP) is 4.39. The maximum atomic E-state index is 4.99. The van der Waals surface area contributed by atoms with Crippen LogP contribution in [-0.2, 0) is 6.42 Å². The highest BCUT2D eigenvalue weighted by Crippen LogP contribution is 2.38. The molecule has 1 heterocycles. The summed E-state index contributed by atoms with van der Waals surface area (Å²) in [4.78, 5) is 8.96. The Bertz CT molecular complexity index is 439. The van der Waals surface area contributed by atoms with E-state index in [1.54, 1.807) is 0 Å². The maximum absolute atomic E-state index is 4.99. The van der Waals surface area contributed by atoms with Crippen molar-refractivity contribution in [1.29, 1.82) is 0 Å². The Labute approximate surface area is 134 Å². The molecule has 2 rings (SSSR count). The van der Waals surface area contributed by atoms with Crippen LogP contribution in [0.15, 0.2) is 0 Å². The van der Waals surface area contributed by atoms with Crippen molar-refractivity contribution >= 4 is 16.5 Å². The van der Waals surface area contributed by atoms with Crippen LogP contribution in [0.2, 0.25) is 0 Å². The average Bonchev–Trinajstić information content (AvgIpc) is 2.86. The zero-order valence-electron chi connectivity index (χ0n) is 14.3. The molecule has 0 bridgehead atoms. The summed E-state index contributed by atoms with van der Waals surface area (Å²) < 4.78 is 0. The molecular formula is C17H31N3S. The summed E-state index contributed by atoms with van der Waals surface area (Å²) in [7, 11) is 0. The summed E-state index contributed by atoms with van der Waals surface area (Å²) in [6.45, 7) is 13.6. The number of aryl methyl sites for hydroxylation is 1. The maximum Gasteiger partial charge on any atom is 0.186 e. The van der Waals surface area contributed by atoms with Crippen molar-refractivity contribution in [2.24, 2.45) is 5.92 Å². The van der Waals surface area contributed by atoms with Crippen LogP contribution in [-0.4, -0.2) is 24.1 Å². The van der Waals surface area contributed by atoms with Gasteiger partial charge in [0, 0.05) is 23.5 Å². The number of rotatable bonds is 7. The molecule has 1 aromatic rings. The SMILES string of the molecule is CCCNC1CCCc2nc(N(CC(C)C)C(C)C)sc21. The molecule has 4 heteroatoms. The molecule has 0 saturated heterocycles. The zero-order chi connectivity index (χ0) is 15.4. The lowest BCUT2D eigenvalue weighted by Crippen LogP contribution is -2.34. The highest BCUT2D eigenvalue weighted by molar-refractivity contribution is 7.15. The molecule has 0 radical (unpaired) electrons. The Hall–Kier alpha value is -0.610. The molecule has 1 unspecified atom stereocenters. The molecule has 1 atom stereocenters. The van der Waals surface area contributed by atoms with E-state index in [1.807, 2.05) is 11.3 Å². The normalized spacial score (nSPS) is 18.3. The molecule has 1 N–H and O–H groups in total. The van der Waals surface area contributed by atoms with Crippen LogP contribution in [0.1, 0.15) is 70.5 Å². The Morgan fingerprint density at radius 2 is 2.10 bits per heavy atom. The fourth-order valence-electron chi connectivity index (χ4n) is 2.95. The van der Waals surface area contributed by atoms with E-state index in [4.69, 9.17) is 4.98 Å². The van der Waals surface area contributed by atoms with Gasteiger partial charge in [0.05, 0.1) is 5.69 Å². The first-order valence-electron chi connectivity index (χ1n) is 8.52. The van der Waals surface area contributed by atoms with Crippen LogP contribution in [0.5, 0.6) is 0 Å². The molecule has 3 nitrogen and oxygen atoms in total. The molecule has 1 aromatic heterocycles. The summed E-state index contributed by atoms with van der Waals surface area (Å²) in [6, 6.07) is 1.05. The Balaban J connectivity index is 2.20. The first-order valence-corrected chi connectivity index (χ1v) is 9.34. The van der Waals surface area contributed by atoms with Crippen molar-refractivity contribution in [3.63, 3.8) is 0 Å². The fraction of sp³-hybridized carbons (Fsp3) is 0.824. The molecule has 0 amide bonds. The molecule has 120 valence electrons. The van der Waals surface area contributed by atoms with Gasteiger partial charge in [-0.2, -0.15) is 0 Å². The van der Waals surface area contributed by atoms with Crippen molar-refractivity contribution in [1.82, 2.24) is 10.3 Å². The summed E-state index contributed by atoms with van der Waals surface area (Å²) >= 11 is 1.92. The average molecular weight is 310 g/mol. The third kappa shape index (κ3) is 4.19. The molecule has 0 aliphatic heterocycles. The molecule has 0 aromatic carbocycles. The number of aromatic nitrogens is 1. The van der Waals surface area contributed by atoms with Gasteiger partial charge in [-0.15, -0.1) is 0 Å². The highest BCUT2D eigenvalue weighted by atomic mass is 32.1. The van der Waals surface area contributed by atoms with E-state index in [0.717, 1.165) is 19.5 Å².